The number of fused-ring (bicyclic) bond motifs is 1. The van der Waals surface area contributed by atoms with Gasteiger partial charge >= 0.3 is 0 Å². The number of nitrogens with zero attached hydrogens (tertiary/aromatic N) is 1. The molecule has 7 heteroatoms. The fourth-order valence-electron chi connectivity index (χ4n) is 2.75. The third-order valence-corrected chi connectivity index (χ3v) is 6.16. The fraction of sp³-hybridized carbons (Fsp3) is 0.462. The second-order valence-electron chi connectivity index (χ2n) is 5.01. The van der Waals surface area contributed by atoms with Crippen LogP contribution in [0.1, 0.15) is 18.4 Å². The third kappa shape index (κ3) is 1.69. The number of sulfone groups is 1. The Bertz CT molecular complexity index is 710. The monoisotopic (exact) mass is 294 g/mol. The standard InChI is InChI=1S/C13H14N2O4S/c1-2-20(16,17)12-11(13(12,15)6-14)8-3-4-9-10(5-8)19-7-18-9/h3-5,11-12H,2,7,15H2,1H3/t11-,12+,13+/m1/s1. The average molecular weight is 294 g/mol. The largest absolute Gasteiger partial charge is 0.454 e. The van der Waals surface area contributed by atoms with Crippen LogP contribution in [0.15, 0.2) is 18.2 Å². The van der Waals surface area contributed by atoms with E-state index in [-0.39, 0.29) is 12.5 Å². The van der Waals surface area contributed by atoms with E-state index >= 15 is 0 Å². The van der Waals surface area contributed by atoms with Crippen LogP contribution in [0, 0.1) is 11.3 Å². The molecule has 1 aromatic rings. The fourth-order valence-corrected chi connectivity index (χ4v) is 4.62. The number of hydrogen-bond donors (Lipinski definition) is 1. The Morgan fingerprint density at radius 1 is 1.45 bits per heavy atom. The highest BCUT2D eigenvalue weighted by atomic mass is 32.2. The van der Waals surface area contributed by atoms with Gasteiger partial charge in [0.25, 0.3) is 0 Å². The SMILES string of the molecule is CCS(=O)(=O)[C@H]1[C@@H](c2ccc3c(c2)OCO3)[C@@]1(N)C#N. The van der Waals surface area contributed by atoms with E-state index in [1.165, 1.54) is 0 Å². The first-order chi connectivity index (χ1) is 9.44. The summed E-state index contributed by atoms with van der Waals surface area (Å²) < 4.78 is 34.6. The van der Waals surface area contributed by atoms with Crippen LogP contribution in [0.3, 0.4) is 0 Å². The van der Waals surface area contributed by atoms with Gasteiger partial charge in [0.1, 0.15) is 10.8 Å². The molecule has 2 aliphatic rings. The second kappa shape index (κ2) is 4.11. The minimum atomic E-state index is -3.38. The molecule has 6 nitrogen and oxygen atoms in total. The molecular formula is C13H14N2O4S. The zero-order chi connectivity index (χ0) is 14.5. The molecule has 3 rings (SSSR count). The lowest BCUT2D eigenvalue weighted by Crippen LogP contribution is -2.29. The van der Waals surface area contributed by atoms with Crippen molar-refractivity contribution in [1.29, 1.82) is 5.26 Å². The third-order valence-electron chi connectivity index (χ3n) is 3.92. The second-order valence-corrected chi connectivity index (χ2v) is 7.42. The van der Waals surface area contributed by atoms with Crippen molar-refractivity contribution in [3.8, 4) is 17.6 Å². The summed E-state index contributed by atoms with van der Waals surface area (Å²) in [5, 5.41) is 8.37. The van der Waals surface area contributed by atoms with E-state index in [1.807, 2.05) is 6.07 Å². The van der Waals surface area contributed by atoms with Crippen LogP contribution < -0.4 is 15.2 Å². The van der Waals surface area contributed by atoms with Gasteiger partial charge in [-0.05, 0) is 17.7 Å². The van der Waals surface area contributed by atoms with Gasteiger partial charge < -0.3 is 15.2 Å². The van der Waals surface area contributed by atoms with Crippen LogP contribution in [0.2, 0.25) is 0 Å². The van der Waals surface area contributed by atoms with E-state index in [0.29, 0.717) is 17.1 Å². The molecule has 0 aromatic heterocycles. The minimum absolute atomic E-state index is 0.0284. The van der Waals surface area contributed by atoms with Crippen LogP contribution in [-0.4, -0.2) is 31.8 Å². The van der Waals surface area contributed by atoms with Gasteiger partial charge in [0.15, 0.2) is 21.3 Å². The van der Waals surface area contributed by atoms with Crippen LogP contribution in [-0.2, 0) is 9.84 Å². The number of nitrogens with two attached hydrogens (primary N) is 1. The number of hydrogen-bond acceptors (Lipinski definition) is 6. The van der Waals surface area contributed by atoms with Crippen LogP contribution in [0.25, 0.3) is 0 Å². The zero-order valence-corrected chi connectivity index (χ0v) is 11.7. The summed E-state index contributed by atoms with van der Waals surface area (Å²) in [5.74, 6) is 0.623. The predicted molar refractivity (Wildman–Crippen MR) is 71.1 cm³/mol. The maximum Gasteiger partial charge on any atom is 0.231 e. The van der Waals surface area contributed by atoms with Gasteiger partial charge in [-0.2, -0.15) is 5.26 Å². The van der Waals surface area contributed by atoms with Crippen molar-refractivity contribution in [3.63, 3.8) is 0 Å². The lowest BCUT2D eigenvalue weighted by molar-refractivity contribution is 0.174. The number of nitriles is 1. The van der Waals surface area contributed by atoms with E-state index in [2.05, 4.69) is 0 Å². The van der Waals surface area contributed by atoms with E-state index in [0.717, 1.165) is 0 Å². The lowest BCUT2D eigenvalue weighted by atomic mass is 10.1. The molecule has 0 radical (unpaired) electrons. The Morgan fingerprint density at radius 2 is 2.15 bits per heavy atom. The lowest BCUT2D eigenvalue weighted by Gasteiger charge is -2.02. The van der Waals surface area contributed by atoms with Crippen molar-refractivity contribution >= 4 is 9.84 Å². The van der Waals surface area contributed by atoms with Crippen molar-refractivity contribution in [2.45, 2.75) is 23.6 Å². The molecule has 1 aliphatic heterocycles. The summed E-state index contributed by atoms with van der Waals surface area (Å²) in [6.45, 7) is 1.70. The molecule has 20 heavy (non-hydrogen) atoms. The number of ether oxygens (including phenoxy) is 2. The highest BCUT2D eigenvalue weighted by molar-refractivity contribution is 7.92. The smallest absolute Gasteiger partial charge is 0.231 e. The highest BCUT2D eigenvalue weighted by Crippen LogP contribution is 2.55. The topological polar surface area (TPSA) is 102 Å². The van der Waals surface area contributed by atoms with Gasteiger partial charge in [-0.25, -0.2) is 8.42 Å². The molecule has 1 aliphatic carbocycles. The molecule has 0 spiro atoms. The number of rotatable bonds is 3. The van der Waals surface area contributed by atoms with Crippen molar-refractivity contribution in [3.05, 3.63) is 23.8 Å². The quantitative estimate of drug-likeness (QED) is 0.872. The molecule has 0 saturated heterocycles. The molecule has 3 atom stereocenters. The van der Waals surface area contributed by atoms with Crippen molar-refractivity contribution in [2.75, 3.05) is 12.5 Å². The van der Waals surface area contributed by atoms with Crippen LogP contribution in [0.4, 0.5) is 0 Å². The zero-order valence-electron chi connectivity index (χ0n) is 10.9. The average Bonchev–Trinajstić information content (AvgIpc) is 2.83. The Labute approximate surface area is 117 Å². The minimum Gasteiger partial charge on any atom is -0.454 e. The molecule has 1 heterocycles. The van der Waals surface area contributed by atoms with Gasteiger partial charge in [-0.15, -0.1) is 0 Å². The van der Waals surface area contributed by atoms with Gasteiger partial charge in [0.05, 0.1) is 6.07 Å². The normalized spacial score (nSPS) is 30.9. The highest BCUT2D eigenvalue weighted by Gasteiger charge is 2.69. The molecule has 0 amide bonds. The van der Waals surface area contributed by atoms with Crippen molar-refractivity contribution in [1.82, 2.24) is 0 Å². The van der Waals surface area contributed by atoms with Gasteiger partial charge in [-0.1, -0.05) is 13.0 Å². The summed E-state index contributed by atoms with van der Waals surface area (Å²) in [4.78, 5) is 0. The van der Waals surface area contributed by atoms with Crippen LogP contribution >= 0.6 is 0 Å². The van der Waals surface area contributed by atoms with Crippen LogP contribution in [0.5, 0.6) is 11.5 Å². The molecule has 0 bridgehead atoms. The van der Waals surface area contributed by atoms with Gasteiger partial charge in [-0.3, -0.25) is 0 Å². The van der Waals surface area contributed by atoms with Crippen molar-refractivity contribution < 1.29 is 17.9 Å². The summed E-state index contributed by atoms with van der Waals surface area (Å²) in [5.41, 5.74) is 5.30. The van der Waals surface area contributed by atoms with Gasteiger partial charge in [0.2, 0.25) is 6.79 Å². The maximum absolute atomic E-state index is 12.1. The molecule has 0 unspecified atom stereocenters. The van der Waals surface area contributed by atoms with Crippen molar-refractivity contribution in [2.24, 2.45) is 5.73 Å². The Morgan fingerprint density at radius 3 is 2.80 bits per heavy atom. The van der Waals surface area contributed by atoms with Gasteiger partial charge in [0, 0.05) is 11.7 Å². The molecule has 1 saturated carbocycles. The van der Waals surface area contributed by atoms with E-state index in [9.17, 15) is 13.7 Å². The molecule has 1 fully saturated rings. The predicted octanol–water partition coefficient (Wildman–Crippen LogP) is 0.537. The first kappa shape index (κ1) is 13.2. The van der Waals surface area contributed by atoms with E-state index in [1.54, 1.807) is 25.1 Å². The van der Waals surface area contributed by atoms with E-state index < -0.39 is 26.5 Å². The number of benzene rings is 1. The summed E-state index contributed by atoms with van der Waals surface area (Å²) in [7, 11) is -3.38. The molecule has 2 N–H and O–H groups in total. The molecular weight excluding hydrogens is 280 g/mol. The molecule has 1 aromatic carbocycles. The first-order valence-electron chi connectivity index (χ1n) is 6.25. The Hall–Kier alpha value is -1.78. The Kier molecular flexibility index (Phi) is 2.71. The van der Waals surface area contributed by atoms with E-state index in [4.69, 9.17) is 15.2 Å². The summed E-state index contributed by atoms with van der Waals surface area (Å²) >= 11 is 0. The molecule has 106 valence electrons. The summed E-state index contributed by atoms with van der Waals surface area (Å²) in [6, 6.07) is 7.10. The summed E-state index contributed by atoms with van der Waals surface area (Å²) in [6.07, 6.45) is 0. The first-order valence-corrected chi connectivity index (χ1v) is 7.97. The Balaban J connectivity index is 2.01. The maximum atomic E-state index is 12.1.